The van der Waals surface area contributed by atoms with Crippen LogP contribution in [0.1, 0.15) is 35.1 Å². The van der Waals surface area contributed by atoms with Gasteiger partial charge in [-0.2, -0.15) is 5.26 Å². The Hall–Kier alpha value is -4.21. The molecule has 3 N–H and O–H groups in total. The van der Waals surface area contributed by atoms with Gasteiger partial charge in [-0.1, -0.05) is 30.3 Å². The lowest BCUT2D eigenvalue weighted by molar-refractivity contribution is -0.122. The Kier molecular flexibility index (Phi) is 6.07. The molecule has 0 bridgehead atoms. The highest BCUT2D eigenvalue weighted by molar-refractivity contribution is 7.10. The average molecular weight is 457 g/mol. The van der Waals surface area contributed by atoms with Crippen LogP contribution in [0, 0.1) is 23.7 Å². The van der Waals surface area contributed by atoms with Gasteiger partial charge < -0.3 is 10.6 Å². The summed E-state index contributed by atoms with van der Waals surface area (Å²) in [5.74, 6) is 2.34. The number of thiazole rings is 1. The molecule has 2 heterocycles. The molecule has 1 aliphatic carbocycles. The summed E-state index contributed by atoms with van der Waals surface area (Å²) in [5.41, 5.74) is 2.62. The summed E-state index contributed by atoms with van der Waals surface area (Å²) in [7, 11) is 1.50. The smallest absolute Gasteiger partial charge is 0.321 e. The van der Waals surface area contributed by atoms with E-state index in [1.807, 2.05) is 24.3 Å². The second kappa shape index (κ2) is 9.11. The Balaban J connectivity index is 1.55. The van der Waals surface area contributed by atoms with Crippen molar-refractivity contribution in [2.75, 3.05) is 12.4 Å². The molecule has 1 saturated carbocycles. The average Bonchev–Trinajstić information content (AvgIpc) is 3.53. The number of carbonyl (C=O) groups is 2. The van der Waals surface area contributed by atoms with Crippen LogP contribution in [0.5, 0.6) is 0 Å². The number of nitrogens with one attached hydrogen (secondary N) is 3. The molecular formula is C24H20N6O2S. The second-order valence-electron chi connectivity index (χ2n) is 7.54. The van der Waals surface area contributed by atoms with E-state index >= 15 is 0 Å². The van der Waals surface area contributed by atoms with Crippen molar-refractivity contribution in [1.82, 2.24) is 20.6 Å². The fourth-order valence-electron chi connectivity index (χ4n) is 3.53. The Bertz CT molecular complexity index is 1280. The maximum atomic E-state index is 12.5. The molecule has 164 valence electrons. The summed E-state index contributed by atoms with van der Waals surface area (Å²) in [6, 6.07) is 11.9. The summed E-state index contributed by atoms with van der Waals surface area (Å²) in [6.07, 6.45) is 8.60. The molecule has 1 fully saturated rings. The highest BCUT2D eigenvalue weighted by Gasteiger charge is 2.47. The van der Waals surface area contributed by atoms with Crippen molar-refractivity contribution in [3.63, 3.8) is 0 Å². The van der Waals surface area contributed by atoms with E-state index in [4.69, 9.17) is 6.42 Å². The lowest BCUT2D eigenvalue weighted by atomic mass is 9.93. The first-order valence-corrected chi connectivity index (χ1v) is 11.1. The van der Waals surface area contributed by atoms with Crippen LogP contribution in [0.2, 0.25) is 0 Å². The molecule has 9 heteroatoms. The molecule has 8 nitrogen and oxygen atoms in total. The second-order valence-corrected chi connectivity index (χ2v) is 8.40. The number of likely N-dealkylation sites (N-methyl/N-ethyl adjacent to an activating group) is 1. The quantitative estimate of drug-likeness (QED) is 0.492. The van der Waals surface area contributed by atoms with Crippen molar-refractivity contribution >= 4 is 29.1 Å². The van der Waals surface area contributed by atoms with Gasteiger partial charge >= 0.3 is 6.03 Å². The molecule has 3 amide bonds. The van der Waals surface area contributed by atoms with E-state index in [0.717, 1.165) is 29.7 Å². The fraction of sp³-hybridized carbons (Fsp3) is 0.208. The normalized spacial score (nSPS) is 14.3. The number of urea groups is 1. The zero-order valence-corrected chi connectivity index (χ0v) is 18.6. The van der Waals surface area contributed by atoms with Crippen LogP contribution in [0.25, 0.3) is 11.1 Å². The minimum atomic E-state index is -0.919. The van der Waals surface area contributed by atoms with Crippen molar-refractivity contribution in [2.45, 2.75) is 24.3 Å². The summed E-state index contributed by atoms with van der Waals surface area (Å²) in [4.78, 5) is 33.5. The van der Waals surface area contributed by atoms with E-state index in [1.54, 1.807) is 23.7 Å². The van der Waals surface area contributed by atoms with Gasteiger partial charge in [-0.3, -0.25) is 15.1 Å². The highest BCUT2D eigenvalue weighted by atomic mass is 32.1. The number of nitriles is 1. The first-order valence-electron chi connectivity index (χ1n) is 10.2. The van der Waals surface area contributed by atoms with Crippen LogP contribution in [0.4, 0.5) is 10.6 Å². The first kappa shape index (κ1) is 22.0. The van der Waals surface area contributed by atoms with Gasteiger partial charge in [-0.15, -0.1) is 17.8 Å². The van der Waals surface area contributed by atoms with E-state index < -0.39 is 17.5 Å². The summed E-state index contributed by atoms with van der Waals surface area (Å²) in [6.45, 7) is 0. The number of carbonyl (C=O) groups excluding carboxylic acids is 2. The largest absolute Gasteiger partial charge is 0.357 e. The molecule has 0 unspecified atom stereocenters. The third-order valence-corrected chi connectivity index (χ3v) is 6.21. The van der Waals surface area contributed by atoms with Gasteiger partial charge in [0.15, 0.2) is 5.01 Å². The highest BCUT2D eigenvalue weighted by Crippen LogP contribution is 2.49. The minimum Gasteiger partial charge on any atom is -0.357 e. The van der Waals surface area contributed by atoms with Crippen molar-refractivity contribution in [3.8, 4) is 29.5 Å². The molecule has 1 atom stereocenters. The molecule has 1 aromatic carbocycles. The Morgan fingerprint density at radius 2 is 2.00 bits per heavy atom. The van der Waals surface area contributed by atoms with Crippen LogP contribution in [0.15, 0.2) is 48.0 Å². The standard InChI is InChI=1S/C24H20N6O2S/c1-3-19-28-18(13-33-19)29-23(32)30-20(22(31)26-2)16-8-6-15(7-9-16)17-5-4-12-27-21(17)24(14-25)10-11-24/h1,4-9,12-13,20H,10-11H2,2H3,(H,26,31)(H2,29,30,32)/t20-/m1/s1. The van der Waals surface area contributed by atoms with Gasteiger partial charge in [0, 0.05) is 24.2 Å². The number of aromatic nitrogens is 2. The number of hydrogen-bond donors (Lipinski definition) is 3. The predicted octanol–water partition coefficient (Wildman–Crippen LogP) is 3.35. The molecule has 0 saturated heterocycles. The SMILES string of the molecule is C#Cc1nc(NC(=O)N[C@@H](C(=O)NC)c2ccc(-c3cccnc3C3(C#N)CC3)cc2)cs1. The van der Waals surface area contributed by atoms with E-state index in [1.165, 1.54) is 18.4 Å². The lowest BCUT2D eigenvalue weighted by Crippen LogP contribution is -2.41. The van der Waals surface area contributed by atoms with Gasteiger partial charge in [-0.05, 0) is 36.0 Å². The molecule has 0 aliphatic heterocycles. The number of benzene rings is 1. The van der Waals surface area contributed by atoms with Crippen molar-refractivity contribution in [1.29, 1.82) is 5.26 Å². The molecule has 33 heavy (non-hydrogen) atoms. The summed E-state index contributed by atoms with van der Waals surface area (Å²) < 4.78 is 0. The molecule has 3 aromatic rings. The van der Waals surface area contributed by atoms with Gasteiger partial charge in [0.25, 0.3) is 0 Å². The Morgan fingerprint density at radius 3 is 2.61 bits per heavy atom. The Labute approximate surface area is 195 Å². The molecule has 0 spiro atoms. The van der Waals surface area contributed by atoms with Crippen LogP contribution in [-0.2, 0) is 10.2 Å². The third kappa shape index (κ3) is 4.54. The molecular weight excluding hydrogens is 436 g/mol. The summed E-state index contributed by atoms with van der Waals surface area (Å²) in [5, 5.41) is 19.5. The number of hydrogen-bond acceptors (Lipinski definition) is 6. The zero-order chi connectivity index (χ0) is 23.4. The first-order chi connectivity index (χ1) is 16.0. The number of rotatable bonds is 6. The van der Waals surface area contributed by atoms with Gasteiger partial charge in [0.05, 0.1) is 11.8 Å². The molecule has 0 radical (unpaired) electrons. The summed E-state index contributed by atoms with van der Waals surface area (Å²) >= 11 is 1.23. The third-order valence-electron chi connectivity index (χ3n) is 5.43. The topological polar surface area (TPSA) is 120 Å². The molecule has 2 aromatic heterocycles. The van der Waals surface area contributed by atoms with Crippen molar-refractivity contribution < 1.29 is 9.59 Å². The maximum Gasteiger partial charge on any atom is 0.321 e. The van der Waals surface area contributed by atoms with E-state index in [2.05, 4.69) is 37.9 Å². The number of terminal acetylenes is 1. The van der Waals surface area contributed by atoms with E-state index in [0.29, 0.717) is 16.4 Å². The van der Waals surface area contributed by atoms with Crippen LogP contribution in [0.3, 0.4) is 0 Å². The maximum absolute atomic E-state index is 12.5. The van der Waals surface area contributed by atoms with Crippen molar-refractivity contribution in [3.05, 3.63) is 64.2 Å². The number of nitrogens with zero attached hydrogens (tertiary/aromatic N) is 3. The predicted molar refractivity (Wildman–Crippen MR) is 125 cm³/mol. The van der Waals surface area contributed by atoms with Gasteiger partial charge in [0.2, 0.25) is 5.91 Å². The number of pyridine rings is 1. The van der Waals surface area contributed by atoms with Gasteiger partial charge in [-0.25, -0.2) is 9.78 Å². The van der Waals surface area contributed by atoms with E-state index in [-0.39, 0.29) is 5.91 Å². The minimum absolute atomic E-state index is 0.312. The molecule has 1 aliphatic rings. The zero-order valence-electron chi connectivity index (χ0n) is 17.8. The van der Waals surface area contributed by atoms with Crippen LogP contribution < -0.4 is 16.0 Å². The number of anilines is 1. The van der Waals surface area contributed by atoms with E-state index in [9.17, 15) is 14.9 Å². The monoisotopic (exact) mass is 456 g/mol. The van der Waals surface area contributed by atoms with Crippen molar-refractivity contribution in [2.24, 2.45) is 0 Å². The molecule has 4 rings (SSSR count). The van der Waals surface area contributed by atoms with Crippen LogP contribution in [-0.4, -0.2) is 29.0 Å². The Morgan fingerprint density at radius 1 is 1.24 bits per heavy atom. The fourth-order valence-corrected chi connectivity index (χ4v) is 4.08. The van der Waals surface area contributed by atoms with Gasteiger partial charge in [0.1, 0.15) is 17.3 Å². The number of amides is 3. The lowest BCUT2D eigenvalue weighted by Gasteiger charge is -2.18. The van der Waals surface area contributed by atoms with Crippen LogP contribution >= 0.6 is 11.3 Å².